The standard InChI is InChI=1S/C16H9Cl2NO3/c17-10-7-5-9(6-8-10)15(22)19-16(18)13(20)11-3-1-2-4-12(11)14(16)21/h1-8H,(H,19,22). The number of nitrogens with one attached hydrogen (secondary N) is 1. The van der Waals surface area contributed by atoms with Crippen molar-refractivity contribution in [3.8, 4) is 0 Å². The molecule has 1 aliphatic carbocycles. The summed E-state index contributed by atoms with van der Waals surface area (Å²) in [5.74, 6) is -1.88. The molecule has 110 valence electrons. The van der Waals surface area contributed by atoms with Gasteiger partial charge in [-0.1, -0.05) is 47.5 Å². The summed E-state index contributed by atoms with van der Waals surface area (Å²) in [5.41, 5.74) is 0.666. The van der Waals surface area contributed by atoms with Crippen molar-refractivity contribution in [1.82, 2.24) is 5.32 Å². The zero-order chi connectivity index (χ0) is 15.9. The van der Waals surface area contributed by atoms with Gasteiger partial charge in [0.05, 0.1) is 0 Å². The molecule has 0 aromatic heterocycles. The van der Waals surface area contributed by atoms with E-state index in [1.165, 1.54) is 36.4 Å². The highest BCUT2D eigenvalue weighted by molar-refractivity contribution is 6.55. The maximum Gasteiger partial charge on any atom is 0.253 e. The molecule has 1 aliphatic rings. The number of rotatable bonds is 2. The van der Waals surface area contributed by atoms with Crippen molar-refractivity contribution < 1.29 is 14.4 Å². The number of hydrogen-bond acceptors (Lipinski definition) is 3. The van der Waals surface area contributed by atoms with Gasteiger partial charge in [-0.3, -0.25) is 14.4 Å². The number of carbonyl (C=O) groups is 3. The highest BCUT2D eigenvalue weighted by Gasteiger charge is 2.53. The number of ketones is 2. The van der Waals surface area contributed by atoms with Crippen LogP contribution in [0.4, 0.5) is 0 Å². The molecule has 3 rings (SSSR count). The fourth-order valence-corrected chi connectivity index (χ4v) is 2.71. The summed E-state index contributed by atoms with van der Waals surface area (Å²) in [4.78, 5) is 34.8. The number of Topliss-reactive ketones (excluding diaryl/α,β-unsaturated/α-hetero) is 2. The maximum atomic E-state index is 12.4. The van der Waals surface area contributed by atoms with E-state index in [1.807, 2.05) is 0 Å². The Morgan fingerprint density at radius 1 is 0.909 bits per heavy atom. The predicted octanol–water partition coefficient (Wildman–Crippen LogP) is 3.08. The van der Waals surface area contributed by atoms with Crippen LogP contribution in [0.25, 0.3) is 0 Å². The van der Waals surface area contributed by atoms with E-state index < -0.39 is 22.5 Å². The first kappa shape index (κ1) is 14.8. The Bertz CT molecular complexity index is 764. The topological polar surface area (TPSA) is 63.2 Å². The van der Waals surface area contributed by atoms with Gasteiger partial charge in [-0.15, -0.1) is 0 Å². The smallest absolute Gasteiger partial charge is 0.253 e. The second kappa shape index (κ2) is 5.23. The molecule has 1 amide bonds. The van der Waals surface area contributed by atoms with E-state index in [4.69, 9.17) is 23.2 Å². The number of hydrogen-bond donors (Lipinski definition) is 1. The summed E-state index contributed by atoms with van der Waals surface area (Å²) < 4.78 is 0. The molecule has 2 aromatic rings. The summed E-state index contributed by atoms with van der Waals surface area (Å²) in [7, 11) is 0. The molecule has 0 bridgehead atoms. The Morgan fingerprint density at radius 2 is 1.41 bits per heavy atom. The molecule has 0 atom stereocenters. The minimum absolute atomic E-state index is 0.207. The number of fused-ring (bicyclic) bond motifs is 1. The lowest BCUT2D eigenvalue weighted by Gasteiger charge is -2.19. The molecule has 0 saturated carbocycles. The summed E-state index contributed by atoms with van der Waals surface area (Å²) in [6, 6.07) is 12.3. The van der Waals surface area contributed by atoms with Gasteiger partial charge in [-0.25, -0.2) is 0 Å². The summed E-state index contributed by atoms with van der Waals surface area (Å²) >= 11 is 11.9. The minimum atomic E-state index is -2.10. The first-order valence-electron chi connectivity index (χ1n) is 6.39. The van der Waals surface area contributed by atoms with Crippen LogP contribution in [0.2, 0.25) is 5.02 Å². The van der Waals surface area contributed by atoms with E-state index >= 15 is 0 Å². The van der Waals surface area contributed by atoms with Crippen LogP contribution in [0.3, 0.4) is 0 Å². The lowest BCUT2D eigenvalue weighted by atomic mass is 10.1. The van der Waals surface area contributed by atoms with E-state index in [-0.39, 0.29) is 16.7 Å². The molecule has 0 unspecified atom stereocenters. The van der Waals surface area contributed by atoms with Gasteiger partial charge in [-0.2, -0.15) is 0 Å². The average molecular weight is 334 g/mol. The average Bonchev–Trinajstić information content (AvgIpc) is 2.70. The Balaban J connectivity index is 1.92. The molecule has 1 N–H and O–H groups in total. The largest absolute Gasteiger partial charge is 0.320 e. The fourth-order valence-electron chi connectivity index (χ4n) is 2.30. The van der Waals surface area contributed by atoms with Crippen molar-refractivity contribution >= 4 is 40.7 Å². The Labute approximate surface area is 136 Å². The van der Waals surface area contributed by atoms with Crippen molar-refractivity contribution in [2.24, 2.45) is 0 Å². The molecular weight excluding hydrogens is 325 g/mol. The van der Waals surface area contributed by atoms with E-state index in [2.05, 4.69) is 5.32 Å². The van der Waals surface area contributed by atoms with Crippen molar-refractivity contribution in [3.63, 3.8) is 0 Å². The van der Waals surface area contributed by atoms with Crippen molar-refractivity contribution in [1.29, 1.82) is 0 Å². The number of benzene rings is 2. The zero-order valence-electron chi connectivity index (χ0n) is 11.1. The second-order valence-electron chi connectivity index (χ2n) is 4.82. The molecule has 6 heteroatoms. The molecule has 4 nitrogen and oxygen atoms in total. The zero-order valence-corrected chi connectivity index (χ0v) is 12.6. The first-order valence-corrected chi connectivity index (χ1v) is 7.14. The third-order valence-electron chi connectivity index (χ3n) is 3.43. The lowest BCUT2D eigenvalue weighted by molar-refractivity contribution is 0.0772. The van der Waals surface area contributed by atoms with Crippen molar-refractivity contribution in [3.05, 3.63) is 70.2 Å². The minimum Gasteiger partial charge on any atom is -0.320 e. The van der Waals surface area contributed by atoms with Gasteiger partial charge in [-0.05, 0) is 24.3 Å². The molecular formula is C16H9Cl2NO3. The van der Waals surface area contributed by atoms with Crippen LogP contribution >= 0.6 is 23.2 Å². The van der Waals surface area contributed by atoms with Crippen LogP contribution in [0, 0.1) is 0 Å². The van der Waals surface area contributed by atoms with Crippen LogP contribution in [-0.2, 0) is 0 Å². The van der Waals surface area contributed by atoms with Gasteiger partial charge in [0.1, 0.15) is 0 Å². The summed E-state index contributed by atoms with van der Waals surface area (Å²) in [6.45, 7) is 0. The van der Waals surface area contributed by atoms with E-state index in [9.17, 15) is 14.4 Å². The van der Waals surface area contributed by atoms with Crippen LogP contribution in [0.1, 0.15) is 31.1 Å². The van der Waals surface area contributed by atoms with Gasteiger partial charge in [0, 0.05) is 21.7 Å². The molecule has 22 heavy (non-hydrogen) atoms. The van der Waals surface area contributed by atoms with Gasteiger partial charge in [0.25, 0.3) is 5.91 Å². The van der Waals surface area contributed by atoms with Crippen molar-refractivity contribution in [2.75, 3.05) is 0 Å². The number of carbonyl (C=O) groups excluding carboxylic acids is 3. The van der Waals surface area contributed by atoms with Crippen LogP contribution in [-0.4, -0.2) is 22.5 Å². The first-order chi connectivity index (χ1) is 10.4. The van der Waals surface area contributed by atoms with Crippen LogP contribution in [0.5, 0.6) is 0 Å². The number of halogens is 2. The van der Waals surface area contributed by atoms with Gasteiger partial charge >= 0.3 is 0 Å². The van der Waals surface area contributed by atoms with E-state index in [0.29, 0.717) is 5.02 Å². The van der Waals surface area contributed by atoms with Gasteiger partial charge < -0.3 is 5.32 Å². The molecule has 2 aromatic carbocycles. The second-order valence-corrected chi connectivity index (χ2v) is 5.83. The van der Waals surface area contributed by atoms with Crippen molar-refractivity contribution in [2.45, 2.75) is 5.00 Å². The molecule has 0 aliphatic heterocycles. The molecule has 0 radical (unpaired) electrons. The Hall–Kier alpha value is -2.17. The summed E-state index contributed by atoms with van der Waals surface area (Å²) in [6.07, 6.45) is 0. The third-order valence-corrected chi connectivity index (χ3v) is 4.12. The molecule has 0 saturated heterocycles. The Morgan fingerprint density at radius 3 is 1.91 bits per heavy atom. The fraction of sp³-hybridized carbons (Fsp3) is 0.0625. The quantitative estimate of drug-likeness (QED) is 0.521. The number of amides is 1. The summed E-state index contributed by atoms with van der Waals surface area (Å²) in [5, 5.41) is 2.79. The van der Waals surface area contributed by atoms with E-state index in [1.54, 1.807) is 12.1 Å². The molecule has 0 fully saturated rings. The molecule has 0 heterocycles. The van der Waals surface area contributed by atoms with Crippen LogP contribution < -0.4 is 5.32 Å². The van der Waals surface area contributed by atoms with E-state index in [0.717, 1.165) is 0 Å². The molecule has 0 spiro atoms. The monoisotopic (exact) mass is 333 g/mol. The van der Waals surface area contributed by atoms with Crippen LogP contribution in [0.15, 0.2) is 48.5 Å². The highest BCUT2D eigenvalue weighted by Crippen LogP contribution is 2.33. The lowest BCUT2D eigenvalue weighted by Crippen LogP contribution is -2.52. The van der Waals surface area contributed by atoms with Gasteiger partial charge in [0.2, 0.25) is 16.6 Å². The SMILES string of the molecule is O=C(NC1(Cl)C(=O)c2ccccc2C1=O)c1ccc(Cl)cc1. The highest BCUT2D eigenvalue weighted by atomic mass is 35.5. The Kier molecular flexibility index (Phi) is 3.51. The third kappa shape index (κ3) is 2.21. The van der Waals surface area contributed by atoms with Gasteiger partial charge in [0.15, 0.2) is 0 Å². The number of alkyl halides is 1. The normalized spacial score (nSPS) is 15.5. The predicted molar refractivity (Wildman–Crippen MR) is 82.6 cm³/mol. The maximum absolute atomic E-state index is 12.4.